The minimum absolute atomic E-state index is 0.116. The van der Waals surface area contributed by atoms with Crippen molar-refractivity contribution in [1.82, 2.24) is 0 Å². The van der Waals surface area contributed by atoms with E-state index in [1.807, 2.05) is 0 Å². The highest BCUT2D eigenvalue weighted by Crippen LogP contribution is 2.29. The zero-order valence-electron chi connectivity index (χ0n) is 8.50. The van der Waals surface area contributed by atoms with Crippen LogP contribution in [0.2, 0.25) is 0 Å². The third-order valence-corrected chi connectivity index (χ3v) is 3.25. The Hall–Kier alpha value is -0.0800. The molecule has 2 nitrogen and oxygen atoms in total. The van der Waals surface area contributed by atoms with Gasteiger partial charge in [-0.2, -0.15) is 0 Å². The van der Waals surface area contributed by atoms with E-state index in [1.54, 1.807) is 0 Å². The van der Waals surface area contributed by atoms with Gasteiger partial charge in [0.25, 0.3) is 0 Å². The SMILES string of the molecule is C[C@H]1CCCC[C@@H]1OC1CCCO1. The first-order valence-electron chi connectivity index (χ1n) is 5.63. The maximum absolute atomic E-state index is 5.94. The fraction of sp³-hybridized carbons (Fsp3) is 1.00. The van der Waals surface area contributed by atoms with Gasteiger partial charge < -0.3 is 9.47 Å². The summed E-state index contributed by atoms with van der Waals surface area (Å²) in [4.78, 5) is 0. The van der Waals surface area contributed by atoms with Gasteiger partial charge in [-0.05, 0) is 25.2 Å². The quantitative estimate of drug-likeness (QED) is 0.657. The average Bonchev–Trinajstić information content (AvgIpc) is 2.61. The van der Waals surface area contributed by atoms with Crippen molar-refractivity contribution in [2.45, 2.75) is 57.8 Å². The van der Waals surface area contributed by atoms with Gasteiger partial charge in [-0.15, -0.1) is 0 Å². The zero-order valence-corrected chi connectivity index (χ0v) is 8.50. The van der Waals surface area contributed by atoms with Crippen molar-refractivity contribution in [3.63, 3.8) is 0 Å². The molecule has 0 aromatic rings. The van der Waals surface area contributed by atoms with Gasteiger partial charge in [0.05, 0.1) is 6.10 Å². The zero-order chi connectivity index (χ0) is 9.10. The molecule has 0 bridgehead atoms. The fourth-order valence-corrected chi connectivity index (χ4v) is 2.33. The lowest BCUT2D eigenvalue weighted by atomic mass is 9.88. The molecule has 1 heterocycles. The first-order valence-corrected chi connectivity index (χ1v) is 5.63. The van der Waals surface area contributed by atoms with Gasteiger partial charge in [0.15, 0.2) is 6.29 Å². The molecule has 0 N–H and O–H groups in total. The summed E-state index contributed by atoms with van der Waals surface area (Å²) in [6, 6.07) is 0. The van der Waals surface area contributed by atoms with Crippen LogP contribution < -0.4 is 0 Å². The minimum Gasteiger partial charge on any atom is -0.353 e. The van der Waals surface area contributed by atoms with Gasteiger partial charge in [-0.1, -0.05) is 19.8 Å². The van der Waals surface area contributed by atoms with Crippen LogP contribution >= 0.6 is 0 Å². The summed E-state index contributed by atoms with van der Waals surface area (Å²) in [5, 5.41) is 0. The van der Waals surface area contributed by atoms with Gasteiger partial charge >= 0.3 is 0 Å². The Morgan fingerprint density at radius 3 is 2.62 bits per heavy atom. The molecule has 0 spiro atoms. The lowest BCUT2D eigenvalue weighted by molar-refractivity contribution is -0.163. The standard InChI is InChI=1S/C11H20O2/c1-9-5-2-3-6-10(9)13-11-7-4-8-12-11/h9-11H,2-8H2,1H3/t9-,10-,11?/m0/s1. The van der Waals surface area contributed by atoms with Crippen LogP contribution in [0.5, 0.6) is 0 Å². The summed E-state index contributed by atoms with van der Waals surface area (Å²) in [7, 11) is 0. The van der Waals surface area contributed by atoms with E-state index < -0.39 is 0 Å². The number of ether oxygens (including phenoxy) is 2. The first kappa shape index (κ1) is 9.47. The highest BCUT2D eigenvalue weighted by molar-refractivity contribution is 4.73. The second kappa shape index (κ2) is 4.43. The predicted octanol–water partition coefficient (Wildman–Crippen LogP) is 2.72. The molecule has 2 fully saturated rings. The topological polar surface area (TPSA) is 18.5 Å². The monoisotopic (exact) mass is 184 g/mol. The van der Waals surface area contributed by atoms with E-state index in [2.05, 4.69) is 6.92 Å². The lowest BCUT2D eigenvalue weighted by Crippen LogP contribution is -2.29. The number of rotatable bonds is 2. The third-order valence-electron chi connectivity index (χ3n) is 3.25. The van der Waals surface area contributed by atoms with Crippen LogP contribution in [0.25, 0.3) is 0 Å². The van der Waals surface area contributed by atoms with E-state index >= 15 is 0 Å². The van der Waals surface area contributed by atoms with E-state index in [0.717, 1.165) is 18.9 Å². The molecule has 2 heteroatoms. The first-order chi connectivity index (χ1) is 6.36. The largest absolute Gasteiger partial charge is 0.353 e. The molecule has 76 valence electrons. The van der Waals surface area contributed by atoms with Crippen molar-refractivity contribution >= 4 is 0 Å². The molecule has 13 heavy (non-hydrogen) atoms. The minimum atomic E-state index is 0.116. The Morgan fingerprint density at radius 1 is 1.08 bits per heavy atom. The highest BCUT2D eigenvalue weighted by Gasteiger charge is 2.26. The maximum Gasteiger partial charge on any atom is 0.158 e. The molecule has 0 amide bonds. The second-order valence-corrected chi connectivity index (χ2v) is 4.38. The highest BCUT2D eigenvalue weighted by atomic mass is 16.7. The molecule has 3 atom stereocenters. The van der Waals surface area contributed by atoms with Crippen LogP contribution in [0.4, 0.5) is 0 Å². The predicted molar refractivity (Wildman–Crippen MR) is 51.5 cm³/mol. The van der Waals surface area contributed by atoms with Crippen LogP contribution in [-0.4, -0.2) is 19.0 Å². The molecule has 2 aliphatic rings. The molecule has 0 aromatic heterocycles. The molecule has 0 aromatic carbocycles. The summed E-state index contributed by atoms with van der Waals surface area (Å²) >= 11 is 0. The summed E-state index contributed by atoms with van der Waals surface area (Å²) in [6.07, 6.45) is 8.14. The normalized spacial score (nSPS) is 40.8. The van der Waals surface area contributed by atoms with Crippen molar-refractivity contribution in [3.8, 4) is 0 Å². The van der Waals surface area contributed by atoms with E-state index in [-0.39, 0.29) is 6.29 Å². The van der Waals surface area contributed by atoms with E-state index in [4.69, 9.17) is 9.47 Å². The molecule has 2 rings (SSSR count). The van der Waals surface area contributed by atoms with Gasteiger partial charge in [-0.25, -0.2) is 0 Å². The number of hydrogen-bond acceptors (Lipinski definition) is 2. The molecular formula is C11H20O2. The third kappa shape index (κ3) is 2.44. The van der Waals surface area contributed by atoms with Crippen LogP contribution in [-0.2, 0) is 9.47 Å². The van der Waals surface area contributed by atoms with Crippen molar-refractivity contribution in [2.24, 2.45) is 5.92 Å². The van der Waals surface area contributed by atoms with Crippen LogP contribution in [0.3, 0.4) is 0 Å². The lowest BCUT2D eigenvalue weighted by Gasteiger charge is -2.30. The number of hydrogen-bond donors (Lipinski definition) is 0. The van der Waals surface area contributed by atoms with E-state index in [0.29, 0.717) is 6.10 Å². The molecular weight excluding hydrogens is 164 g/mol. The van der Waals surface area contributed by atoms with Crippen LogP contribution in [0, 0.1) is 5.92 Å². The van der Waals surface area contributed by atoms with Crippen molar-refractivity contribution in [3.05, 3.63) is 0 Å². The maximum atomic E-state index is 5.94. The molecule has 1 saturated heterocycles. The van der Waals surface area contributed by atoms with Crippen LogP contribution in [0.15, 0.2) is 0 Å². The van der Waals surface area contributed by atoms with Crippen molar-refractivity contribution in [1.29, 1.82) is 0 Å². The Labute approximate surface area is 80.6 Å². The van der Waals surface area contributed by atoms with Gasteiger partial charge in [0, 0.05) is 13.0 Å². The summed E-state index contributed by atoms with van der Waals surface area (Å²) in [6.45, 7) is 3.20. The fourth-order valence-electron chi connectivity index (χ4n) is 2.33. The Kier molecular flexibility index (Phi) is 3.23. The smallest absolute Gasteiger partial charge is 0.158 e. The van der Waals surface area contributed by atoms with Gasteiger partial charge in [0.2, 0.25) is 0 Å². The van der Waals surface area contributed by atoms with Crippen LogP contribution in [0.1, 0.15) is 45.4 Å². The van der Waals surface area contributed by atoms with Crippen molar-refractivity contribution in [2.75, 3.05) is 6.61 Å². The van der Waals surface area contributed by atoms with Crippen molar-refractivity contribution < 1.29 is 9.47 Å². The summed E-state index contributed by atoms with van der Waals surface area (Å²) < 4.78 is 11.4. The van der Waals surface area contributed by atoms with E-state index in [1.165, 1.54) is 32.1 Å². The average molecular weight is 184 g/mol. The van der Waals surface area contributed by atoms with E-state index in [9.17, 15) is 0 Å². The molecule has 1 saturated carbocycles. The van der Waals surface area contributed by atoms with Gasteiger partial charge in [-0.3, -0.25) is 0 Å². The molecule has 1 aliphatic heterocycles. The second-order valence-electron chi connectivity index (χ2n) is 4.38. The Bertz CT molecular complexity index is 152. The van der Waals surface area contributed by atoms with Gasteiger partial charge in [0.1, 0.15) is 0 Å². The summed E-state index contributed by atoms with van der Waals surface area (Å²) in [5.74, 6) is 0.734. The molecule has 1 unspecified atom stereocenters. The molecule has 1 aliphatic carbocycles. The Morgan fingerprint density at radius 2 is 1.92 bits per heavy atom. The molecule has 0 radical (unpaired) electrons. The summed E-state index contributed by atoms with van der Waals surface area (Å²) in [5.41, 5.74) is 0. The Balaban J connectivity index is 1.78.